The molecule has 6 heteroatoms. The molecule has 0 aliphatic carbocycles. The fraction of sp³-hybridized carbons (Fsp3) is 0.429. The first-order valence-electron chi connectivity index (χ1n) is 9.23. The van der Waals surface area contributed by atoms with Crippen LogP contribution in [0.3, 0.4) is 0 Å². The molecule has 1 aliphatic heterocycles. The number of thioether (sulfide) groups is 1. The number of aromatic nitrogens is 1. The van der Waals surface area contributed by atoms with E-state index in [1.54, 1.807) is 11.8 Å². The van der Waals surface area contributed by atoms with Gasteiger partial charge in [0.15, 0.2) is 0 Å². The van der Waals surface area contributed by atoms with Crippen molar-refractivity contribution in [2.45, 2.75) is 45.1 Å². The summed E-state index contributed by atoms with van der Waals surface area (Å²) in [6, 6.07) is 12.3. The van der Waals surface area contributed by atoms with Gasteiger partial charge in [0.1, 0.15) is 11.9 Å². The van der Waals surface area contributed by atoms with Gasteiger partial charge in [0, 0.05) is 18.1 Å². The molecule has 0 spiro atoms. The van der Waals surface area contributed by atoms with Crippen molar-refractivity contribution in [3.63, 3.8) is 0 Å². The van der Waals surface area contributed by atoms with Crippen molar-refractivity contribution >= 4 is 23.5 Å². The van der Waals surface area contributed by atoms with Gasteiger partial charge >= 0.3 is 0 Å². The molecule has 0 saturated carbocycles. The Morgan fingerprint density at radius 3 is 2.81 bits per heavy atom. The predicted octanol–water partition coefficient (Wildman–Crippen LogP) is 4.03. The molecule has 1 N–H and O–H groups in total. The highest BCUT2D eigenvalue weighted by molar-refractivity contribution is 7.99. The van der Waals surface area contributed by atoms with Crippen LogP contribution in [0.1, 0.15) is 35.2 Å². The van der Waals surface area contributed by atoms with Crippen molar-refractivity contribution in [2.75, 3.05) is 17.7 Å². The third-order valence-corrected chi connectivity index (χ3v) is 5.96. The minimum Gasteiger partial charge on any atom is -0.376 e. The molecule has 1 atom stereocenters. The summed E-state index contributed by atoms with van der Waals surface area (Å²) >= 11 is 1.57. The van der Waals surface area contributed by atoms with E-state index in [9.17, 15) is 10.1 Å². The summed E-state index contributed by atoms with van der Waals surface area (Å²) < 4.78 is 7.78. The number of ether oxygens (including phenoxy) is 1. The third-order valence-electron chi connectivity index (χ3n) is 4.95. The quantitative estimate of drug-likeness (QED) is 0.784. The number of amides is 1. The zero-order chi connectivity index (χ0) is 19.2. The molecule has 1 saturated heterocycles. The molecule has 0 radical (unpaired) electrons. The first-order valence-corrected chi connectivity index (χ1v) is 10.4. The number of carbonyl (C=O) groups excluding carboxylic acids is 1. The molecular weight excluding hydrogens is 358 g/mol. The molecule has 0 unspecified atom stereocenters. The van der Waals surface area contributed by atoms with E-state index >= 15 is 0 Å². The van der Waals surface area contributed by atoms with Crippen LogP contribution in [-0.2, 0) is 21.8 Å². The molecule has 5 nitrogen and oxygen atoms in total. The summed E-state index contributed by atoms with van der Waals surface area (Å²) in [4.78, 5) is 12.5. The maximum Gasteiger partial charge on any atom is 0.235 e. The highest BCUT2D eigenvalue weighted by atomic mass is 32.2. The number of nitrogens with one attached hydrogen (secondary N) is 1. The van der Waals surface area contributed by atoms with Gasteiger partial charge in [-0.15, -0.1) is 11.8 Å². The monoisotopic (exact) mass is 383 g/mol. The molecule has 1 amide bonds. The Hall–Kier alpha value is -2.23. The Kier molecular flexibility index (Phi) is 6.59. The van der Waals surface area contributed by atoms with E-state index in [-0.39, 0.29) is 12.0 Å². The molecule has 2 aromatic rings. The van der Waals surface area contributed by atoms with Gasteiger partial charge in [-0.25, -0.2) is 0 Å². The van der Waals surface area contributed by atoms with E-state index in [1.807, 2.05) is 36.6 Å². The highest BCUT2D eigenvalue weighted by Gasteiger charge is 2.23. The van der Waals surface area contributed by atoms with Gasteiger partial charge in [0.05, 0.1) is 24.0 Å². The molecule has 3 rings (SSSR count). The second-order valence-corrected chi connectivity index (χ2v) is 7.80. The van der Waals surface area contributed by atoms with Gasteiger partial charge in [0.2, 0.25) is 5.91 Å². The third kappa shape index (κ3) is 4.74. The van der Waals surface area contributed by atoms with Crippen LogP contribution in [-0.4, -0.2) is 28.9 Å². The summed E-state index contributed by atoms with van der Waals surface area (Å²) in [6.07, 6.45) is 2.22. The Bertz CT molecular complexity index is 833. The van der Waals surface area contributed by atoms with Crippen LogP contribution in [0.25, 0.3) is 0 Å². The van der Waals surface area contributed by atoms with Gasteiger partial charge in [-0.05, 0) is 37.8 Å². The van der Waals surface area contributed by atoms with Crippen LogP contribution in [0.15, 0.2) is 30.3 Å². The zero-order valence-electron chi connectivity index (χ0n) is 15.8. The SMILES string of the molecule is Cc1c(C#N)c(NC(=O)CSCc2ccccc2)n(C[C@@H]2CCCO2)c1C. The number of anilines is 1. The minimum atomic E-state index is -0.0847. The summed E-state index contributed by atoms with van der Waals surface area (Å²) in [5.74, 6) is 1.66. The van der Waals surface area contributed by atoms with Gasteiger partial charge < -0.3 is 14.6 Å². The number of rotatable bonds is 7. The number of nitrogens with zero attached hydrogens (tertiary/aromatic N) is 2. The number of carbonyl (C=O) groups is 1. The Labute approximate surface area is 164 Å². The van der Waals surface area contributed by atoms with E-state index in [2.05, 4.69) is 23.5 Å². The molecule has 0 bridgehead atoms. The fourth-order valence-electron chi connectivity index (χ4n) is 3.35. The normalized spacial score (nSPS) is 16.3. The molecule has 1 aromatic heterocycles. The van der Waals surface area contributed by atoms with Crippen LogP contribution in [0.4, 0.5) is 5.82 Å². The van der Waals surface area contributed by atoms with Gasteiger partial charge in [-0.2, -0.15) is 5.26 Å². The molecule has 27 heavy (non-hydrogen) atoms. The summed E-state index contributed by atoms with van der Waals surface area (Å²) in [6.45, 7) is 5.37. The highest BCUT2D eigenvalue weighted by Crippen LogP contribution is 2.28. The second-order valence-electron chi connectivity index (χ2n) is 6.82. The van der Waals surface area contributed by atoms with E-state index in [0.29, 0.717) is 23.7 Å². The first kappa shape index (κ1) is 19.5. The average Bonchev–Trinajstić information content (AvgIpc) is 3.26. The van der Waals surface area contributed by atoms with E-state index in [1.165, 1.54) is 5.56 Å². The topological polar surface area (TPSA) is 67.0 Å². The standard InChI is InChI=1S/C21H25N3O2S/c1-15-16(2)24(12-18-9-6-10-26-18)21(19(15)11-22)23-20(25)14-27-13-17-7-4-3-5-8-17/h3-5,7-8,18H,6,9-10,12-14H2,1-2H3,(H,23,25)/t18-/m0/s1. The average molecular weight is 384 g/mol. The minimum absolute atomic E-state index is 0.0847. The van der Waals surface area contributed by atoms with E-state index in [0.717, 1.165) is 36.5 Å². The summed E-state index contributed by atoms with van der Waals surface area (Å²) in [5, 5.41) is 12.6. The van der Waals surface area contributed by atoms with Gasteiger partial charge in [-0.1, -0.05) is 30.3 Å². The van der Waals surface area contributed by atoms with Crippen molar-refractivity contribution in [2.24, 2.45) is 0 Å². The first-order chi connectivity index (χ1) is 13.1. The Morgan fingerprint density at radius 2 is 2.15 bits per heavy atom. The van der Waals surface area contributed by atoms with Gasteiger partial charge in [0.25, 0.3) is 0 Å². The maximum atomic E-state index is 12.5. The largest absolute Gasteiger partial charge is 0.376 e. The number of hydrogen-bond acceptors (Lipinski definition) is 4. The predicted molar refractivity (Wildman–Crippen MR) is 109 cm³/mol. The van der Waals surface area contributed by atoms with Gasteiger partial charge in [-0.3, -0.25) is 4.79 Å². The summed E-state index contributed by atoms with van der Waals surface area (Å²) in [7, 11) is 0. The zero-order valence-corrected chi connectivity index (χ0v) is 16.6. The van der Waals surface area contributed by atoms with Crippen molar-refractivity contribution in [1.29, 1.82) is 5.26 Å². The number of hydrogen-bond donors (Lipinski definition) is 1. The molecule has 1 fully saturated rings. The van der Waals surface area contributed by atoms with Crippen molar-refractivity contribution in [3.05, 3.63) is 52.7 Å². The lowest BCUT2D eigenvalue weighted by Crippen LogP contribution is -2.22. The molecule has 142 valence electrons. The number of nitriles is 1. The second kappa shape index (κ2) is 9.12. The number of benzene rings is 1. The molecular formula is C21H25N3O2S. The lowest BCUT2D eigenvalue weighted by molar-refractivity contribution is -0.113. The van der Waals surface area contributed by atoms with Crippen LogP contribution < -0.4 is 5.32 Å². The summed E-state index contributed by atoms with van der Waals surface area (Å²) in [5.41, 5.74) is 3.67. The smallest absolute Gasteiger partial charge is 0.235 e. The van der Waals surface area contributed by atoms with Crippen LogP contribution in [0, 0.1) is 25.2 Å². The van der Waals surface area contributed by atoms with E-state index < -0.39 is 0 Å². The lowest BCUT2D eigenvalue weighted by Gasteiger charge is -2.16. The molecule has 1 aromatic carbocycles. The Morgan fingerprint density at radius 1 is 1.37 bits per heavy atom. The lowest BCUT2D eigenvalue weighted by atomic mass is 10.2. The maximum absolute atomic E-state index is 12.5. The van der Waals surface area contributed by atoms with Crippen LogP contribution >= 0.6 is 11.8 Å². The van der Waals surface area contributed by atoms with Crippen molar-refractivity contribution < 1.29 is 9.53 Å². The van der Waals surface area contributed by atoms with Crippen molar-refractivity contribution in [1.82, 2.24) is 4.57 Å². The Balaban J connectivity index is 1.67. The fourth-order valence-corrected chi connectivity index (χ4v) is 4.14. The molecule has 1 aliphatic rings. The molecule has 2 heterocycles. The van der Waals surface area contributed by atoms with Crippen LogP contribution in [0.2, 0.25) is 0 Å². The van der Waals surface area contributed by atoms with Crippen LogP contribution in [0.5, 0.6) is 0 Å². The van der Waals surface area contributed by atoms with Crippen molar-refractivity contribution in [3.8, 4) is 6.07 Å². The van der Waals surface area contributed by atoms with E-state index in [4.69, 9.17) is 4.74 Å².